The highest BCUT2D eigenvalue weighted by molar-refractivity contribution is 5.96. The smallest absolute Gasteiger partial charge is 0.259 e. The first-order chi connectivity index (χ1) is 12.2. The van der Waals surface area contributed by atoms with E-state index in [4.69, 9.17) is 4.52 Å². The van der Waals surface area contributed by atoms with Gasteiger partial charge in [-0.2, -0.15) is 0 Å². The third-order valence-corrected chi connectivity index (χ3v) is 6.45. The van der Waals surface area contributed by atoms with Gasteiger partial charge in [0.25, 0.3) is 5.91 Å². The molecule has 3 rings (SSSR count). The molecule has 5 nitrogen and oxygen atoms in total. The predicted octanol–water partition coefficient (Wildman–Crippen LogP) is 4.05. The quantitative estimate of drug-likeness (QED) is 0.815. The van der Waals surface area contributed by atoms with Crippen molar-refractivity contribution >= 4 is 5.91 Å². The number of carbonyl (C=O) groups excluding carboxylic acids is 1. The molecule has 2 fully saturated rings. The number of hydrogen-bond donors (Lipinski definition) is 0. The normalized spacial score (nSPS) is 21.3. The van der Waals surface area contributed by atoms with Gasteiger partial charge in [0.15, 0.2) is 0 Å². The molecule has 1 spiro atoms. The lowest BCUT2D eigenvalue weighted by atomic mass is 9.71. The molecule has 2 aliphatic heterocycles. The summed E-state index contributed by atoms with van der Waals surface area (Å²) in [6.45, 7) is 16.0. The molecular weight excluding hydrogens is 326 g/mol. The van der Waals surface area contributed by atoms with Gasteiger partial charge in [-0.1, -0.05) is 25.9 Å². The zero-order valence-corrected chi connectivity index (χ0v) is 17.2. The van der Waals surface area contributed by atoms with Crippen molar-refractivity contribution < 1.29 is 9.32 Å². The number of amides is 1. The van der Waals surface area contributed by atoms with E-state index in [0.29, 0.717) is 27.8 Å². The molecule has 5 heteroatoms. The molecule has 0 saturated carbocycles. The van der Waals surface area contributed by atoms with Crippen LogP contribution in [0.3, 0.4) is 0 Å². The number of aryl methyl sites for hydroxylation is 2. The summed E-state index contributed by atoms with van der Waals surface area (Å²) in [7, 11) is 0. The number of piperidine rings is 2. The lowest BCUT2D eigenvalue weighted by Crippen LogP contribution is -2.48. The topological polar surface area (TPSA) is 49.6 Å². The molecule has 0 aromatic carbocycles. The van der Waals surface area contributed by atoms with Crippen molar-refractivity contribution in [3.05, 3.63) is 17.0 Å². The van der Waals surface area contributed by atoms with Crippen molar-refractivity contribution in [3.8, 4) is 0 Å². The third kappa shape index (κ3) is 4.30. The van der Waals surface area contributed by atoms with E-state index in [1.165, 1.54) is 38.9 Å². The lowest BCUT2D eigenvalue weighted by molar-refractivity contribution is 0.0282. The second-order valence-electron chi connectivity index (χ2n) is 9.64. The lowest BCUT2D eigenvalue weighted by Gasteiger charge is -2.47. The van der Waals surface area contributed by atoms with Crippen molar-refractivity contribution in [1.82, 2.24) is 15.0 Å². The van der Waals surface area contributed by atoms with Crippen LogP contribution in [0.25, 0.3) is 0 Å². The van der Waals surface area contributed by atoms with Gasteiger partial charge in [0.1, 0.15) is 11.3 Å². The van der Waals surface area contributed by atoms with Gasteiger partial charge in [-0.3, -0.25) is 4.79 Å². The largest absolute Gasteiger partial charge is 0.361 e. The molecule has 0 N–H and O–H groups in total. The Labute approximate surface area is 158 Å². The molecule has 2 aliphatic rings. The molecule has 1 aromatic rings. The molecular formula is C21H35N3O2. The van der Waals surface area contributed by atoms with Gasteiger partial charge >= 0.3 is 0 Å². The highest BCUT2D eigenvalue weighted by Gasteiger charge is 2.39. The summed E-state index contributed by atoms with van der Waals surface area (Å²) in [5, 5.41) is 3.93. The van der Waals surface area contributed by atoms with Crippen molar-refractivity contribution in [2.75, 3.05) is 32.7 Å². The Kier molecular flexibility index (Phi) is 5.48. The third-order valence-electron chi connectivity index (χ3n) is 6.45. The summed E-state index contributed by atoms with van der Waals surface area (Å²) in [6, 6.07) is 0. The SMILES string of the molecule is Cc1noc(C)c1C(=O)N1CCC2(CCN(CCC(C)(C)C)CC2)CC1. The van der Waals surface area contributed by atoms with E-state index in [1.807, 2.05) is 18.7 Å². The number of likely N-dealkylation sites (tertiary alicyclic amines) is 2. The minimum atomic E-state index is 0.0960. The number of rotatable bonds is 3. The fourth-order valence-corrected chi connectivity index (χ4v) is 4.38. The van der Waals surface area contributed by atoms with E-state index < -0.39 is 0 Å². The van der Waals surface area contributed by atoms with E-state index in [-0.39, 0.29) is 5.91 Å². The van der Waals surface area contributed by atoms with Gasteiger partial charge in [-0.05, 0) is 76.4 Å². The maximum atomic E-state index is 12.8. The van der Waals surface area contributed by atoms with Crippen LogP contribution in [0.15, 0.2) is 4.52 Å². The van der Waals surface area contributed by atoms with Crippen molar-refractivity contribution in [3.63, 3.8) is 0 Å². The van der Waals surface area contributed by atoms with Crippen LogP contribution in [0.5, 0.6) is 0 Å². The second-order valence-corrected chi connectivity index (χ2v) is 9.64. The number of nitrogens with zero attached hydrogens (tertiary/aromatic N) is 3. The van der Waals surface area contributed by atoms with E-state index in [1.54, 1.807) is 0 Å². The van der Waals surface area contributed by atoms with Crippen LogP contribution in [0.4, 0.5) is 0 Å². The maximum Gasteiger partial charge on any atom is 0.259 e. The molecule has 2 saturated heterocycles. The summed E-state index contributed by atoms with van der Waals surface area (Å²) in [5.74, 6) is 0.735. The highest BCUT2D eigenvalue weighted by Crippen LogP contribution is 2.41. The molecule has 0 bridgehead atoms. The Morgan fingerprint density at radius 3 is 2.15 bits per heavy atom. The van der Waals surface area contributed by atoms with Gasteiger partial charge < -0.3 is 14.3 Å². The van der Waals surface area contributed by atoms with E-state index >= 15 is 0 Å². The summed E-state index contributed by atoms with van der Waals surface area (Å²) < 4.78 is 5.17. The fourth-order valence-electron chi connectivity index (χ4n) is 4.38. The predicted molar refractivity (Wildman–Crippen MR) is 103 cm³/mol. The second kappa shape index (κ2) is 7.34. The van der Waals surface area contributed by atoms with Crippen LogP contribution in [0.1, 0.15) is 74.7 Å². The average Bonchev–Trinajstić information content (AvgIpc) is 2.92. The monoisotopic (exact) mass is 361 g/mol. The van der Waals surface area contributed by atoms with Crippen LogP contribution in [0, 0.1) is 24.7 Å². The summed E-state index contributed by atoms with van der Waals surface area (Å²) in [5.41, 5.74) is 2.24. The Hall–Kier alpha value is -1.36. The van der Waals surface area contributed by atoms with Gasteiger partial charge in [0.2, 0.25) is 0 Å². The van der Waals surface area contributed by atoms with Gasteiger partial charge in [0.05, 0.1) is 5.69 Å². The van der Waals surface area contributed by atoms with Gasteiger partial charge in [-0.25, -0.2) is 0 Å². The zero-order chi connectivity index (χ0) is 18.9. The molecule has 146 valence electrons. The Balaban J connectivity index is 1.51. The van der Waals surface area contributed by atoms with Gasteiger partial charge in [0, 0.05) is 13.1 Å². The summed E-state index contributed by atoms with van der Waals surface area (Å²) >= 11 is 0. The zero-order valence-electron chi connectivity index (χ0n) is 17.2. The molecule has 1 aromatic heterocycles. The van der Waals surface area contributed by atoms with Crippen LogP contribution >= 0.6 is 0 Å². The fraction of sp³-hybridized carbons (Fsp3) is 0.810. The van der Waals surface area contributed by atoms with Crippen LogP contribution in [-0.4, -0.2) is 53.6 Å². The number of carbonyl (C=O) groups is 1. The Morgan fingerprint density at radius 2 is 1.65 bits per heavy atom. The number of hydrogen-bond acceptors (Lipinski definition) is 4. The van der Waals surface area contributed by atoms with Crippen molar-refractivity contribution in [2.45, 2.75) is 66.7 Å². The standard InChI is InChI=1S/C21H35N3O2/c1-16-18(17(2)26-22-16)19(25)24-14-9-21(10-15-24)7-12-23(13-8-21)11-6-20(3,4)5/h6-15H2,1-5H3. The van der Waals surface area contributed by atoms with E-state index in [2.05, 4.69) is 30.8 Å². The van der Waals surface area contributed by atoms with E-state index in [9.17, 15) is 4.79 Å². The Morgan fingerprint density at radius 1 is 1.08 bits per heavy atom. The highest BCUT2D eigenvalue weighted by atomic mass is 16.5. The first-order valence-corrected chi connectivity index (χ1v) is 10.1. The van der Waals surface area contributed by atoms with Crippen LogP contribution < -0.4 is 0 Å². The molecule has 0 atom stereocenters. The molecule has 0 radical (unpaired) electrons. The van der Waals surface area contributed by atoms with Crippen molar-refractivity contribution in [2.24, 2.45) is 10.8 Å². The van der Waals surface area contributed by atoms with Crippen LogP contribution in [-0.2, 0) is 0 Å². The molecule has 0 aliphatic carbocycles. The first kappa shape index (κ1) is 19.4. The molecule has 26 heavy (non-hydrogen) atoms. The number of aromatic nitrogens is 1. The summed E-state index contributed by atoms with van der Waals surface area (Å²) in [4.78, 5) is 17.5. The first-order valence-electron chi connectivity index (χ1n) is 10.1. The summed E-state index contributed by atoms with van der Waals surface area (Å²) in [6.07, 6.45) is 6.10. The molecule has 0 unspecified atom stereocenters. The molecule has 3 heterocycles. The average molecular weight is 362 g/mol. The maximum absolute atomic E-state index is 12.8. The Bertz CT molecular complexity index is 607. The minimum Gasteiger partial charge on any atom is -0.361 e. The van der Waals surface area contributed by atoms with E-state index in [0.717, 1.165) is 25.9 Å². The van der Waals surface area contributed by atoms with Gasteiger partial charge in [-0.15, -0.1) is 0 Å². The van der Waals surface area contributed by atoms with Crippen molar-refractivity contribution in [1.29, 1.82) is 0 Å². The van der Waals surface area contributed by atoms with Crippen LogP contribution in [0.2, 0.25) is 0 Å². The molecule has 1 amide bonds. The minimum absolute atomic E-state index is 0.0960.